The second-order valence-corrected chi connectivity index (χ2v) is 6.06. The van der Waals surface area contributed by atoms with Crippen molar-refractivity contribution >= 4 is 22.7 Å². The molecule has 0 fully saturated rings. The Kier molecular flexibility index (Phi) is 8.62. The summed E-state index contributed by atoms with van der Waals surface area (Å²) in [4.78, 5) is 22.1. The molecular weight excluding hydrogens is 256 g/mol. The highest BCUT2D eigenvalue weighted by Gasteiger charge is 2.34. The van der Waals surface area contributed by atoms with Gasteiger partial charge in [0.25, 0.3) is 0 Å². The molecule has 0 aromatic carbocycles. The van der Waals surface area contributed by atoms with E-state index in [0.29, 0.717) is 12.8 Å². The maximum Gasteiger partial charge on any atom is 0.319 e. The van der Waals surface area contributed by atoms with Gasteiger partial charge in [-0.3, -0.25) is 13.8 Å². The number of rotatable bonds is 10. The van der Waals surface area contributed by atoms with Crippen molar-refractivity contribution in [1.82, 2.24) is 0 Å². The first kappa shape index (κ1) is 17.1. The standard InChI is InChI=1S/C12H22O5S/c1-3-5-7-9(11(13)14)18(17)10(12(15)16)8-6-4-2/h9-10H,3-8H2,1-2H3,(H,13,14)(H,15,16). The van der Waals surface area contributed by atoms with Gasteiger partial charge < -0.3 is 10.2 Å². The lowest BCUT2D eigenvalue weighted by atomic mass is 10.2. The second-order valence-electron chi connectivity index (χ2n) is 4.27. The summed E-state index contributed by atoms with van der Waals surface area (Å²) in [7, 11) is -1.86. The first-order valence-corrected chi connectivity index (χ1v) is 7.58. The van der Waals surface area contributed by atoms with Crippen LogP contribution in [-0.2, 0) is 20.4 Å². The number of unbranched alkanes of at least 4 members (excludes halogenated alkanes) is 2. The minimum absolute atomic E-state index is 0.272. The van der Waals surface area contributed by atoms with Crippen LogP contribution in [0.4, 0.5) is 0 Å². The lowest BCUT2D eigenvalue weighted by Crippen LogP contribution is -2.37. The minimum Gasteiger partial charge on any atom is -0.480 e. The lowest BCUT2D eigenvalue weighted by molar-refractivity contribution is -0.136. The Morgan fingerprint density at radius 3 is 1.50 bits per heavy atom. The molecule has 0 aliphatic heterocycles. The third-order valence-corrected chi connectivity index (χ3v) is 4.75. The molecule has 0 rings (SSSR count). The second kappa shape index (κ2) is 9.08. The van der Waals surface area contributed by atoms with Crippen LogP contribution in [0, 0.1) is 0 Å². The van der Waals surface area contributed by atoms with Crippen LogP contribution >= 0.6 is 0 Å². The summed E-state index contributed by atoms with van der Waals surface area (Å²) in [5, 5.41) is 15.9. The largest absolute Gasteiger partial charge is 0.480 e. The number of hydrogen-bond acceptors (Lipinski definition) is 3. The normalized spacial score (nSPS) is 15.9. The molecule has 0 saturated heterocycles. The number of carboxylic acids is 2. The summed E-state index contributed by atoms with van der Waals surface area (Å²) in [6.07, 6.45) is 3.43. The van der Waals surface area contributed by atoms with Crippen LogP contribution in [0.5, 0.6) is 0 Å². The molecule has 18 heavy (non-hydrogen) atoms. The van der Waals surface area contributed by atoms with Crippen LogP contribution in [0.25, 0.3) is 0 Å². The number of carbonyl (C=O) groups is 2. The van der Waals surface area contributed by atoms with Gasteiger partial charge in [0.1, 0.15) is 10.5 Å². The van der Waals surface area contributed by atoms with Gasteiger partial charge in [-0.2, -0.15) is 0 Å². The zero-order valence-corrected chi connectivity index (χ0v) is 11.7. The molecule has 2 N–H and O–H groups in total. The summed E-state index contributed by atoms with van der Waals surface area (Å²) < 4.78 is 12.1. The zero-order valence-electron chi connectivity index (χ0n) is 10.9. The molecule has 0 bridgehead atoms. The topological polar surface area (TPSA) is 91.7 Å². The van der Waals surface area contributed by atoms with E-state index < -0.39 is 33.2 Å². The third-order valence-electron chi connectivity index (χ3n) is 2.75. The predicted octanol–water partition coefficient (Wildman–Crippen LogP) is 2.02. The van der Waals surface area contributed by atoms with Crippen molar-refractivity contribution in [3.05, 3.63) is 0 Å². The van der Waals surface area contributed by atoms with Crippen molar-refractivity contribution in [3.8, 4) is 0 Å². The third kappa shape index (κ3) is 5.62. The summed E-state index contributed by atoms with van der Waals surface area (Å²) in [5.41, 5.74) is 0. The Labute approximate surface area is 110 Å². The van der Waals surface area contributed by atoms with Crippen LogP contribution in [-0.4, -0.2) is 36.9 Å². The van der Waals surface area contributed by atoms with Crippen LogP contribution in [0.3, 0.4) is 0 Å². The average molecular weight is 278 g/mol. The SMILES string of the molecule is CCCCC(C(=O)O)S(=O)C(CCCC)C(=O)O. The van der Waals surface area contributed by atoms with E-state index in [1.165, 1.54) is 0 Å². The number of aliphatic carboxylic acids is 2. The van der Waals surface area contributed by atoms with Crippen molar-refractivity contribution < 1.29 is 24.0 Å². The maximum absolute atomic E-state index is 12.1. The molecule has 0 radical (unpaired) electrons. The van der Waals surface area contributed by atoms with E-state index in [9.17, 15) is 13.8 Å². The van der Waals surface area contributed by atoms with Gasteiger partial charge in [0.2, 0.25) is 0 Å². The van der Waals surface area contributed by atoms with Crippen molar-refractivity contribution in [2.24, 2.45) is 0 Å². The molecule has 6 heteroatoms. The van der Waals surface area contributed by atoms with Crippen LogP contribution in [0.1, 0.15) is 52.4 Å². The molecule has 0 spiro atoms. The van der Waals surface area contributed by atoms with E-state index in [1.807, 2.05) is 13.8 Å². The first-order valence-electron chi connectivity index (χ1n) is 6.30. The molecular formula is C12H22O5S. The quantitative estimate of drug-likeness (QED) is 0.638. The summed E-state index contributed by atoms with van der Waals surface area (Å²) >= 11 is 0. The van der Waals surface area contributed by atoms with E-state index >= 15 is 0 Å². The predicted molar refractivity (Wildman–Crippen MR) is 70.0 cm³/mol. The van der Waals surface area contributed by atoms with Gasteiger partial charge in [-0.1, -0.05) is 39.5 Å². The Balaban J connectivity index is 4.77. The Morgan fingerprint density at radius 2 is 1.28 bits per heavy atom. The molecule has 0 aromatic heterocycles. The molecule has 0 amide bonds. The number of carboxylic acid groups (broad SMARTS) is 2. The number of hydrogen-bond donors (Lipinski definition) is 2. The molecule has 0 aliphatic rings. The van der Waals surface area contributed by atoms with E-state index in [4.69, 9.17) is 10.2 Å². The molecule has 5 nitrogen and oxygen atoms in total. The highest BCUT2D eigenvalue weighted by atomic mass is 32.2. The smallest absolute Gasteiger partial charge is 0.319 e. The van der Waals surface area contributed by atoms with E-state index in [0.717, 1.165) is 12.8 Å². The molecule has 0 aromatic rings. The average Bonchev–Trinajstić information content (AvgIpc) is 2.29. The van der Waals surface area contributed by atoms with Gasteiger partial charge in [0.15, 0.2) is 0 Å². The van der Waals surface area contributed by atoms with Gasteiger partial charge in [-0.15, -0.1) is 0 Å². The molecule has 2 unspecified atom stereocenters. The fourth-order valence-corrected chi connectivity index (χ4v) is 3.25. The maximum atomic E-state index is 12.1. The first-order chi connectivity index (χ1) is 8.45. The van der Waals surface area contributed by atoms with E-state index in [-0.39, 0.29) is 12.8 Å². The molecule has 0 saturated carbocycles. The molecule has 2 atom stereocenters. The highest BCUT2D eigenvalue weighted by molar-refractivity contribution is 7.87. The Hall–Kier alpha value is -0.910. The minimum atomic E-state index is -1.86. The van der Waals surface area contributed by atoms with E-state index in [1.54, 1.807) is 0 Å². The summed E-state index contributed by atoms with van der Waals surface area (Å²) in [6, 6.07) is 0. The van der Waals surface area contributed by atoms with Crippen LogP contribution in [0.15, 0.2) is 0 Å². The lowest BCUT2D eigenvalue weighted by Gasteiger charge is -2.17. The highest BCUT2D eigenvalue weighted by Crippen LogP contribution is 2.17. The van der Waals surface area contributed by atoms with Crippen LogP contribution < -0.4 is 0 Å². The molecule has 0 heterocycles. The van der Waals surface area contributed by atoms with Gasteiger partial charge in [-0.05, 0) is 12.8 Å². The fraction of sp³-hybridized carbons (Fsp3) is 0.833. The van der Waals surface area contributed by atoms with Crippen molar-refractivity contribution in [3.63, 3.8) is 0 Å². The van der Waals surface area contributed by atoms with Crippen LogP contribution in [0.2, 0.25) is 0 Å². The summed E-state index contributed by atoms with van der Waals surface area (Å²) in [6.45, 7) is 3.82. The molecule has 0 aliphatic carbocycles. The van der Waals surface area contributed by atoms with E-state index in [2.05, 4.69) is 0 Å². The zero-order chi connectivity index (χ0) is 14.1. The van der Waals surface area contributed by atoms with Gasteiger partial charge in [-0.25, -0.2) is 0 Å². The summed E-state index contributed by atoms with van der Waals surface area (Å²) in [5.74, 6) is -2.32. The van der Waals surface area contributed by atoms with Gasteiger partial charge >= 0.3 is 11.9 Å². The molecule has 106 valence electrons. The Morgan fingerprint density at radius 1 is 0.944 bits per heavy atom. The van der Waals surface area contributed by atoms with Crippen molar-refractivity contribution in [1.29, 1.82) is 0 Å². The monoisotopic (exact) mass is 278 g/mol. The van der Waals surface area contributed by atoms with Crippen molar-refractivity contribution in [2.45, 2.75) is 62.9 Å². The van der Waals surface area contributed by atoms with Crippen molar-refractivity contribution in [2.75, 3.05) is 0 Å². The van der Waals surface area contributed by atoms with Gasteiger partial charge in [0.05, 0.1) is 0 Å². The Bertz CT molecular complexity index is 275. The van der Waals surface area contributed by atoms with Gasteiger partial charge in [0, 0.05) is 10.8 Å². The fourth-order valence-electron chi connectivity index (χ4n) is 1.66.